The van der Waals surface area contributed by atoms with Gasteiger partial charge in [-0.1, -0.05) is 0 Å². The van der Waals surface area contributed by atoms with Gasteiger partial charge in [-0.3, -0.25) is 4.79 Å². The highest BCUT2D eigenvalue weighted by molar-refractivity contribution is 5.91. The van der Waals surface area contributed by atoms with Crippen molar-refractivity contribution in [2.24, 2.45) is 7.05 Å². The molecule has 0 saturated carbocycles. The van der Waals surface area contributed by atoms with Gasteiger partial charge in [0, 0.05) is 26.9 Å². The zero-order valence-corrected chi connectivity index (χ0v) is 10.9. The van der Waals surface area contributed by atoms with Crippen molar-refractivity contribution in [2.45, 2.75) is 13.1 Å². The highest BCUT2D eigenvalue weighted by atomic mass is 16.5. The Morgan fingerprint density at radius 2 is 2.32 bits per heavy atom. The summed E-state index contributed by atoms with van der Waals surface area (Å²) in [6, 6.07) is 0. The van der Waals surface area contributed by atoms with E-state index in [1.807, 2.05) is 11.6 Å². The standard InChI is InChI=1S/C11H16N6O2/c1-16-6-9(13-7-16)11(18)12-5-10-15-14-8-17(10)3-4-19-2/h6-8H,3-5H2,1-2H3,(H,12,18). The summed E-state index contributed by atoms with van der Waals surface area (Å²) in [4.78, 5) is 15.8. The van der Waals surface area contributed by atoms with Crippen molar-refractivity contribution in [3.05, 3.63) is 30.4 Å². The van der Waals surface area contributed by atoms with Gasteiger partial charge in [-0.15, -0.1) is 10.2 Å². The predicted molar refractivity (Wildman–Crippen MR) is 66.3 cm³/mol. The van der Waals surface area contributed by atoms with Crippen LogP contribution in [0.25, 0.3) is 0 Å². The van der Waals surface area contributed by atoms with Crippen LogP contribution in [-0.2, 0) is 24.9 Å². The number of carbonyl (C=O) groups is 1. The van der Waals surface area contributed by atoms with Crippen molar-refractivity contribution in [3.63, 3.8) is 0 Å². The fraction of sp³-hybridized carbons (Fsp3) is 0.455. The van der Waals surface area contributed by atoms with Crippen LogP contribution in [0.5, 0.6) is 0 Å². The molecule has 0 fully saturated rings. The van der Waals surface area contributed by atoms with E-state index >= 15 is 0 Å². The lowest BCUT2D eigenvalue weighted by atomic mass is 10.4. The van der Waals surface area contributed by atoms with E-state index < -0.39 is 0 Å². The summed E-state index contributed by atoms with van der Waals surface area (Å²) in [6.07, 6.45) is 4.85. The second kappa shape index (κ2) is 6.10. The molecule has 8 nitrogen and oxygen atoms in total. The summed E-state index contributed by atoms with van der Waals surface area (Å²) in [5, 5.41) is 10.5. The number of aryl methyl sites for hydroxylation is 1. The second-order valence-electron chi connectivity index (χ2n) is 4.04. The second-order valence-corrected chi connectivity index (χ2v) is 4.04. The Morgan fingerprint density at radius 3 is 3.00 bits per heavy atom. The van der Waals surface area contributed by atoms with E-state index in [1.54, 1.807) is 30.5 Å². The normalized spacial score (nSPS) is 10.6. The van der Waals surface area contributed by atoms with Gasteiger partial charge in [-0.05, 0) is 0 Å². The first kappa shape index (κ1) is 13.2. The molecule has 0 aliphatic rings. The molecule has 0 unspecified atom stereocenters. The summed E-state index contributed by atoms with van der Waals surface area (Å²) in [7, 11) is 3.44. The molecule has 102 valence electrons. The molecule has 0 atom stereocenters. The minimum Gasteiger partial charge on any atom is -0.383 e. The van der Waals surface area contributed by atoms with Gasteiger partial charge >= 0.3 is 0 Å². The number of hydrogen-bond acceptors (Lipinski definition) is 5. The molecule has 0 radical (unpaired) electrons. The van der Waals surface area contributed by atoms with Gasteiger partial charge in [0.2, 0.25) is 0 Å². The maximum Gasteiger partial charge on any atom is 0.271 e. The van der Waals surface area contributed by atoms with E-state index in [4.69, 9.17) is 4.74 Å². The third-order valence-corrected chi connectivity index (χ3v) is 2.58. The predicted octanol–water partition coefficient (Wildman–Crippen LogP) is -0.412. The maximum atomic E-state index is 11.8. The molecule has 2 aromatic rings. The minimum atomic E-state index is -0.234. The number of rotatable bonds is 6. The molecule has 0 aromatic carbocycles. The number of nitrogens with zero attached hydrogens (tertiary/aromatic N) is 5. The summed E-state index contributed by atoms with van der Waals surface area (Å²) in [5.41, 5.74) is 0.380. The van der Waals surface area contributed by atoms with E-state index in [0.29, 0.717) is 31.2 Å². The molecule has 2 aromatic heterocycles. The summed E-state index contributed by atoms with van der Waals surface area (Å²) >= 11 is 0. The highest BCUT2D eigenvalue weighted by Gasteiger charge is 2.10. The largest absolute Gasteiger partial charge is 0.383 e. The van der Waals surface area contributed by atoms with Crippen LogP contribution < -0.4 is 5.32 Å². The topological polar surface area (TPSA) is 86.9 Å². The van der Waals surface area contributed by atoms with Crippen molar-refractivity contribution in [2.75, 3.05) is 13.7 Å². The average Bonchev–Trinajstić information content (AvgIpc) is 3.02. The number of imidazole rings is 1. The van der Waals surface area contributed by atoms with Crippen molar-refractivity contribution in [1.29, 1.82) is 0 Å². The van der Waals surface area contributed by atoms with Crippen LogP contribution in [0.3, 0.4) is 0 Å². The van der Waals surface area contributed by atoms with Crippen molar-refractivity contribution in [1.82, 2.24) is 29.6 Å². The fourth-order valence-electron chi connectivity index (χ4n) is 1.57. The third-order valence-electron chi connectivity index (χ3n) is 2.58. The lowest BCUT2D eigenvalue weighted by molar-refractivity contribution is 0.0944. The van der Waals surface area contributed by atoms with Crippen molar-refractivity contribution >= 4 is 5.91 Å². The van der Waals surface area contributed by atoms with Gasteiger partial charge in [-0.25, -0.2) is 4.98 Å². The Bertz CT molecular complexity index is 547. The van der Waals surface area contributed by atoms with Crippen LogP contribution in [0, 0.1) is 0 Å². The number of ether oxygens (including phenoxy) is 1. The first-order valence-electron chi connectivity index (χ1n) is 5.82. The van der Waals surface area contributed by atoms with E-state index in [1.165, 1.54) is 0 Å². The molecule has 0 aliphatic heterocycles. The number of hydrogen-bond donors (Lipinski definition) is 1. The molecule has 19 heavy (non-hydrogen) atoms. The van der Waals surface area contributed by atoms with Crippen LogP contribution in [0.2, 0.25) is 0 Å². The lowest BCUT2D eigenvalue weighted by Gasteiger charge is -2.06. The molecule has 2 rings (SSSR count). The molecule has 0 spiro atoms. The number of carbonyl (C=O) groups excluding carboxylic acids is 1. The van der Waals surface area contributed by atoms with Crippen molar-refractivity contribution < 1.29 is 9.53 Å². The van der Waals surface area contributed by atoms with Gasteiger partial charge in [0.05, 0.1) is 19.5 Å². The van der Waals surface area contributed by atoms with Gasteiger partial charge in [0.25, 0.3) is 5.91 Å². The first-order valence-corrected chi connectivity index (χ1v) is 5.82. The van der Waals surface area contributed by atoms with E-state index in [9.17, 15) is 4.79 Å². The Balaban J connectivity index is 1.91. The molecule has 0 aliphatic carbocycles. The fourth-order valence-corrected chi connectivity index (χ4v) is 1.57. The Morgan fingerprint density at radius 1 is 1.47 bits per heavy atom. The van der Waals surface area contributed by atoms with Crippen LogP contribution >= 0.6 is 0 Å². The summed E-state index contributed by atoms with van der Waals surface area (Å²) < 4.78 is 8.55. The maximum absolute atomic E-state index is 11.8. The Kier molecular flexibility index (Phi) is 4.24. The molecule has 8 heteroatoms. The molecule has 0 bridgehead atoms. The van der Waals surface area contributed by atoms with Gasteiger partial charge in [0.15, 0.2) is 5.82 Å². The SMILES string of the molecule is COCCn1cnnc1CNC(=O)c1cn(C)cn1. The van der Waals surface area contributed by atoms with Crippen LogP contribution in [0.1, 0.15) is 16.3 Å². The van der Waals surface area contributed by atoms with Crippen LogP contribution in [0.4, 0.5) is 0 Å². The third kappa shape index (κ3) is 3.38. The molecular weight excluding hydrogens is 248 g/mol. The Hall–Kier alpha value is -2.22. The first-order chi connectivity index (χ1) is 9.20. The zero-order valence-electron chi connectivity index (χ0n) is 10.9. The highest BCUT2D eigenvalue weighted by Crippen LogP contribution is 1.98. The van der Waals surface area contributed by atoms with E-state index in [-0.39, 0.29) is 5.91 Å². The monoisotopic (exact) mass is 264 g/mol. The van der Waals surface area contributed by atoms with Crippen LogP contribution in [-0.4, -0.2) is 43.9 Å². The van der Waals surface area contributed by atoms with Gasteiger partial charge < -0.3 is 19.2 Å². The Labute approximate surface area is 110 Å². The van der Waals surface area contributed by atoms with Crippen LogP contribution in [0.15, 0.2) is 18.9 Å². The summed E-state index contributed by atoms with van der Waals surface area (Å²) in [5.74, 6) is 0.447. The molecule has 2 heterocycles. The molecule has 0 saturated heterocycles. The lowest BCUT2D eigenvalue weighted by Crippen LogP contribution is -2.25. The number of aromatic nitrogens is 5. The molecular formula is C11H16N6O2. The quantitative estimate of drug-likeness (QED) is 0.766. The smallest absolute Gasteiger partial charge is 0.271 e. The summed E-state index contributed by atoms with van der Waals surface area (Å²) in [6.45, 7) is 1.52. The number of nitrogens with one attached hydrogen (secondary N) is 1. The number of amides is 1. The molecule has 1 N–H and O–H groups in total. The molecule has 1 amide bonds. The number of methoxy groups -OCH3 is 1. The van der Waals surface area contributed by atoms with E-state index in [2.05, 4.69) is 20.5 Å². The minimum absolute atomic E-state index is 0.234. The zero-order chi connectivity index (χ0) is 13.7. The van der Waals surface area contributed by atoms with Gasteiger partial charge in [-0.2, -0.15) is 0 Å². The van der Waals surface area contributed by atoms with E-state index in [0.717, 1.165) is 0 Å². The average molecular weight is 264 g/mol. The van der Waals surface area contributed by atoms with Gasteiger partial charge in [0.1, 0.15) is 12.0 Å². The van der Waals surface area contributed by atoms with Crippen molar-refractivity contribution in [3.8, 4) is 0 Å².